The van der Waals surface area contributed by atoms with Crippen LogP contribution in [0.3, 0.4) is 0 Å². The van der Waals surface area contributed by atoms with Gasteiger partial charge in [0.25, 0.3) is 5.91 Å². The quantitative estimate of drug-likeness (QED) is 0.694. The van der Waals surface area contributed by atoms with Crippen molar-refractivity contribution in [3.63, 3.8) is 0 Å². The number of carbonyl (C=O) groups is 3. The lowest BCUT2D eigenvalue weighted by atomic mass is 9.86. The van der Waals surface area contributed by atoms with Crippen LogP contribution < -0.4 is 15.4 Å². The zero-order valence-corrected chi connectivity index (χ0v) is 14.3. The minimum absolute atomic E-state index is 0.0227. The molecular formula is C18H24N2O5. The molecule has 2 amide bonds. The molecular weight excluding hydrogens is 324 g/mol. The van der Waals surface area contributed by atoms with Crippen LogP contribution in [0, 0.1) is 5.92 Å². The third-order valence-electron chi connectivity index (χ3n) is 4.28. The third-order valence-corrected chi connectivity index (χ3v) is 4.28. The van der Waals surface area contributed by atoms with Gasteiger partial charge in [-0.05, 0) is 56.9 Å². The van der Waals surface area contributed by atoms with E-state index in [4.69, 9.17) is 9.84 Å². The summed E-state index contributed by atoms with van der Waals surface area (Å²) in [6.07, 6.45) is 2.43. The summed E-state index contributed by atoms with van der Waals surface area (Å²) >= 11 is 0. The highest BCUT2D eigenvalue weighted by Gasteiger charge is 2.26. The van der Waals surface area contributed by atoms with Crippen LogP contribution in [0.1, 0.15) is 43.0 Å². The number of nitrogens with one attached hydrogen (secondary N) is 2. The summed E-state index contributed by atoms with van der Waals surface area (Å²) in [4.78, 5) is 34.9. The van der Waals surface area contributed by atoms with E-state index in [1.54, 1.807) is 24.3 Å². The number of hydrogen-bond donors (Lipinski definition) is 3. The molecule has 7 heteroatoms. The number of carboxylic acids is 1. The van der Waals surface area contributed by atoms with Crippen molar-refractivity contribution in [2.24, 2.45) is 5.92 Å². The number of aliphatic carboxylic acids is 1. The van der Waals surface area contributed by atoms with E-state index in [1.165, 1.54) is 0 Å². The number of benzene rings is 1. The summed E-state index contributed by atoms with van der Waals surface area (Å²) < 4.78 is 5.31. The molecule has 2 rings (SSSR count). The average molecular weight is 348 g/mol. The van der Waals surface area contributed by atoms with Gasteiger partial charge in [-0.15, -0.1) is 0 Å². The van der Waals surface area contributed by atoms with Crippen molar-refractivity contribution in [2.45, 2.75) is 38.6 Å². The molecule has 0 atom stereocenters. The molecule has 0 aliphatic heterocycles. The summed E-state index contributed by atoms with van der Waals surface area (Å²) in [5, 5.41) is 14.4. The average Bonchev–Trinajstić information content (AvgIpc) is 2.61. The highest BCUT2D eigenvalue weighted by Crippen LogP contribution is 2.24. The molecule has 7 nitrogen and oxygen atoms in total. The third kappa shape index (κ3) is 5.77. The molecule has 1 aromatic carbocycles. The van der Waals surface area contributed by atoms with Gasteiger partial charge >= 0.3 is 5.97 Å². The molecule has 0 heterocycles. The molecule has 0 spiro atoms. The van der Waals surface area contributed by atoms with Crippen molar-refractivity contribution in [3.05, 3.63) is 29.8 Å². The largest absolute Gasteiger partial charge is 0.494 e. The van der Waals surface area contributed by atoms with Gasteiger partial charge in [0.2, 0.25) is 5.91 Å². The van der Waals surface area contributed by atoms with Crippen molar-refractivity contribution in [1.82, 2.24) is 10.6 Å². The molecule has 0 unspecified atom stereocenters. The molecule has 1 aliphatic carbocycles. The lowest BCUT2D eigenvalue weighted by molar-refractivity contribution is -0.142. The molecule has 1 aliphatic rings. The number of carbonyl (C=O) groups excluding carboxylic acids is 2. The van der Waals surface area contributed by atoms with Crippen molar-refractivity contribution < 1.29 is 24.2 Å². The minimum atomic E-state index is -0.771. The Balaban J connectivity index is 1.72. The lowest BCUT2D eigenvalue weighted by Crippen LogP contribution is -2.43. The van der Waals surface area contributed by atoms with Gasteiger partial charge in [0.05, 0.1) is 19.1 Å². The Morgan fingerprint density at radius 3 is 2.32 bits per heavy atom. The lowest BCUT2D eigenvalue weighted by Gasteiger charge is -2.26. The zero-order chi connectivity index (χ0) is 18.2. The van der Waals surface area contributed by atoms with Crippen LogP contribution in [0.5, 0.6) is 5.75 Å². The molecule has 0 bridgehead atoms. The molecule has 3 N–H and O–H groups in total. The molecule has 0 radical (unpaired) electrons. The summed E-state index contributed by atoms with van der Waals surface area (Å²) in [5.74, 6) is -0.987. The van der Waals surface area contributed by atoms with Gasteiger partial charge in [0.1, 0.15) is 5.75 Å². The molecule has 25 heavy (non-hydrogen) atoms. The van der Waals surface area contributed by atoms with Gasteiger partial charge in [-0.2, -0.15) is 0 Å². The van der Waals surface area contributed by atoms with Crippen molar-refractivity contribution in [3.8, 4) is 5.75 Å². The first-order valence-electron chi connectivity index (χ1n) is 8.52. The second kappa shape index (κ2) is 9.05. The monoisotopic (exact) mass is 348 g/mol. The predicted octanol–water partition coefficient (Wildman–Crippen LogP) is 1.57. The second-order valence-electron chi connectivity index (χ2n) is 6.09. The zero-order valence-electron chi connectivity index (χ0n) is 14.3. The van der Waals surface area contributed by atoms with Crippen molar-refractivity contribution in [1.29, 1.82) is 0 Å². The van der Waals surface area contributed by atoms with Crippen molar-refractivity contribution in [2.75, 3.05) is 13.2 Å². The summed E-state index contributed by atoms with van der Waals surface area (Å²) in [6.45, 7) is 2.33. The first-order chi connectivity index (χ1) is 12.0. The maximum Gasteiger partial charge on any atom is 0.306 e. The first-order valence-corrected chi connectivity index (χ1v) is 8.52. The van der Waals surface area contributed by atoms with E-state index in [0.717, 1.165) is 0 Å². The Morgan fingerprint density at radius 1 is 1.12 bits per heavy atom. The van der Waals surface area contributed by atoms with Gasteiger partial charge in [-0.25, -0.2) is 0 Å². The maximum atomic E-state index is 12.0. The van der Waals surface area contributed by atoms with E-state index < -0.39 is 5.97 Å². The second-order valence-corrected chi connectivity index (χ2v) is 6.09. The fraction of sp³-hybridized carbons (Fsp3) is 0.500. The number of carboxylic acid groups (broad SMARTS) is 1. The van der Waals surface area contributed by atoms with E-state index in [-0.39, 0.29) is 30.3 Å². The van der Waals surface area contributed by atoms with E-state index in [2.05, 4.69) is 10.6 Å². The van der Waals surface area contributed by atoms with Gasteiger partial charge in [-0.1, -0.05) is 0 Å². The van der Waals surface area contributed by atoms with Crippen LogP contribution in [-0.2, 0) is 9.59 Å². The molecule has 1 saturated carbocycles. The van der Waals surface area contributed by atoms with Gasteiger partial charge in [0.15, 0.2) is 0 Å². The molecule has 1 aromatic rings. The van der Waals surface area contributed by atoms with E-state index in [9.17, 15) is 14.4 Å². The minimum Gasteiger partial charge on any atom is -0.494 e. The van der Waals surface area contributed by atoms with Gasteiger partial charge in [-0.3, -0.25) is 14.4 Å². The molecule has 1 fully saturated rings. The Kier molecular flexibility index (Phi) is 6.80. The summed E-state index contributed by atoms with van der Waals surface area (Å²) in [7, 11) is 0. The number of hydrogen-bond acceptors (Lipinski definition) is 4. The first kappa shape index (κ1) is 18.8. The van der Waals surface area contributed by atoms with Crippen LogP contribution in [0.15, 0.2) is 24.3 Å². The topological polar surface area (TPSA) is 105 Å². The van der Waals surface area contributed by atoms with E-state index >= 15 is 0 Å². The van der Waals surface area contributed by atoms with Crippen LogP contribution in [0.25, 0.3) is 0 Å². The van der Waals surface area contributed by atoms with Crippen LogP contribution in [-0.4, -0.2) is 42.1 Å². The standard InChI is InChI=1S/C18H24N2O5/c1-2-25-15-9-5-12(6-10-15)17(22)19-11-16(21)20-14-7-3-13(4-8-14)18(23)24/h5-6,9-10,13-14H,2-4,7-8,11H2,1H3,(H,19,22)(H,20,21)(H,23,24). The van der Waals surface area contributed by atoms with Crippen molar-refractivity contribution >= 4 is 17.8 Å². The number of rotatable bonds is 7. The van der Waals surface area contributed by atoms with Gasteiger partial charge in [0, 0.05) is 11.6 Å². The van der Waals surface area contributed by atoms with E-state index in [1.807, 2.05) is 6.92 Å². The SMILES string of the molecule is CCOc1ccc(C(=O)NCC(=O)NC2CCC(C(=O)O)CC2)cc1. The highest BCUT2D eigenvalue weighted by molar-refractivity contribution is 5.96. The Bertz CT molecular complexity index is 606. The summed E-state index contributed by atoms with van der Waals surface area (Å²) in [5.41, 5.74) is 0.457. The normalized spacial score (nSPS) is 19.7. The molecule has 0 saturated heterocycles. The fourth-order valence-electron chi connectivity index (χ4n) is 2.90. The Hall–Kier alpha value is -2.57. The van der Waals surface area contributed by atoms with E-state index in [0.29, 0.717) is 43.6 Å². The number of amides is 2. The Labute approximate surface area is 146 Å². The highest BCUT2D eigenvalue weighted by atomic mass is 16.5. The molecule has 0 aromatic heterocycles. The van der Waals surface area contributed by atoms with Crippen LogP contribution in [0.4, 0.5) is 0 Å². The smallest absolute Gasteiger partial charge is 0.306 e. The predicted molar refractivity (Wildman–Crippen MR) is 91.5 cm³/mol. The summed E-state index contributed by atoms with van der Waals surface area (Å²) in [6, 6.07) is 6.68. The van der Waals surface area contributed by atoms with Gasteiger partial charge < -0.3 is 20.5 Å². The maximum absolute atomic E-state index is 12.0. The fourth-order valence-corrected chi connectivity index (χ4v) is 2.90. The Morgan fingerprint density at radius 2 is 1.76 bits per heavy atom. The van der Waals surface area contributed by atoms with Crippen LogP contribution in [0.2, 0.25) is 0 Å². The number of ether oxygens (including phenoxy) is 1. The molecule has 136 valence electrons. The van der Waals surface area contributed by atoms with Crippen LogP contribution >= 0.6 is 0 Å².